The molecular formula is C23H25N3O2S. The number of anilines is 1. The summed E-state index contributed by atoms with van der Waals surface area (Å²) in [7, 11) is 0. The predicted molar refractivity (Wildman–Crippen MR) is 118 cm³/mol. The largest absolute Gasteiger partial charge is 0.413 e. The molecule has 0 bridgehead atoms. The quantitative estimate of drug-likeness (QED) is 0.576. The minimum absolute atomic E-state index is 0.317. The number of ether oxygens (including phenoxy) is 1. The lowest BCUT2D eigenvalue weighted by atomic mass is 10.1. The fourth-order valence-electron chi connectivity index (χ4n) is 3.50. The van der Waals surface area contributed by atoms with E-state index in [2.05, 4.69) is 40.1 Å². The molecule has 0 aliphatic carbocycles. The summed E-state index contributed by atoms with van der Waals surface area (Å²) in [5.41, 5.74) is 3.09. The first-order chi connectivity index (χ1) is 14.2. The van der Waals surface area contributed by atoms with Crippen molar-refractivity contribution in [1.82, 2.24) is 9.88 Å². The van der Waals surface area contributed by atoms with Gasteiger partial charge in [0.15, 0.2) is 5.13 Å². The van der Waals surface area contributed by atoms with Crippen molar-refractivity contribution >= 4 is 22.4 Å². The van der Waals surface area contributed by atoms with E-state index in [0.717, 1.165) is 55.5 Å². The molecule has 0 N–H and O–H groups in total. The van der Waals surface area contributed by atoms with Crippen LogP contribution in [0.2, 0.25) is 0 Å². The Bertz CT molecular complexity index is 935. The van der Waals surface area contributed by atoms with Gasteiger partial charge in [-0.1, -0.05) is 72.0 Å². The lowest BCUT2D eigenvalue weighted by molar-refractivity contribution is -0.131. The highest BCUT2D eigenvalue weighted by Gasteiger charge is 2.23. The molecule has 1 fully saturated rings. The van der Waals surface area contributed by atoms with Crippen LogP contribution in [0.3, 0.4) is 0 Å². The molecule has 0 atom stereocenters. The molecule has 1 aliphatic heterocycles. The summed E-state index contributed by atoms with van der Waals surface area (Å²) in [6.07, 6.45) is 1.08. The molecule has 6 heteroatoms. The van der Waals surface area contributed by atoms with E-state index in [1.54, 1.807) is 0 Å². The van der Waals surface area contributed by atoms with Crippen LogP contribution in [0.5, 0.6) is 5.06 Å². The molecule has 0 amide bonds. The van der Waals surface area contributed by atoms with E-state index in [1.807, 2.05) is 30.3 Å². The monoisotopic (exact) mass is 407 g/mol. The first-order valence-electron chi connectivity index (χ1n) is 9.95. The topological polar surface area (TPSA) is 45.7 Å². The molecule has 5 nitrogen and oxygen atoms in total. The van der Waals surface area contributed by atoms with Crippen LogP contribution in [0.1, 0.15) is 12.5 Å². The molecule has 0 radical (unpaired) electrons. The first kappa shape index (κ1) is 19.6. The number of rotatable bonds is 6. The summed E-state index contributed by atoms with van der Waals surface area (Å²) in [5.74, 6) is -0.317. The molecule has 1 aromatic heterocycles. The van der Waals surface area contributed by atoms with Gasteiger partial charge in [0.25, 0.3) is 0 Å². The molecule has 0 saturated carbocycles. The highest BCUT2D eigenvalue weighted by atomic mass is 32.1. The van der Waals surface area contributed by atoms with Crippen molar-refractivity contribution in [3.8, 4) is 16.3 Å². The van der Waals surface area contributed by atoms with Crippen molar-refractivity contribution in [1.29, 1.82) is 0 Å². The third kappa shape index (κ3) is 5.02. The number of esters is 1. The summed E-state index contributed by atoms with van der Waals surface area (Å²) < 4.78 is 5.46. The number of benzene rings is 2. The first-order valence-corrected chi connectivity index (χ1v) is 10.8. The second-order valence-corrected chi connectivity index (χ2v) is 8.10. The Morgan fingerprint density at radius 1 is 1.00 bits per heavy atom. The molecule has 4 rings (SSSR count). The second kappa shape index (κ2) is 9.20. The minimum Gasteiger partial charge on any atom is -0.413 e. The van der Waals surface area contributed by atoms with Crippen LogP contribution in [0.25, 0.3) is 11.3 Å². The zero-order chi connectivity index (χ0) is 20.1. The van der Waals surface area contributed by atoms with E-state index in [1.165, 1.54) is 23.8 Å². The molecule has 0 spiro atoms. The number of thiazole rings is 1. The van der Waals surface area contributed by atoms with Crippen molar-refractivity contribution in [2.75, 3.05) is 37.6 Å². The average molecular weight is 408 g/mol. The maximum atomic E-state index is 11.6. The highest BCUT2D eigenvalue weighted by molar-refractivity contribution is 7.18. The van der Waals surface area contributed by atoms with Gasteiger partial charge in [-0.15, -0.1) is 0 Å². The van der Waals surface area contributed by atoms with Crippen LogP contribution in [0.15, 0.2) is 60.7 Å². The molecule has 2 heterocycles. The van der Waals surface area contributed by atoms with Crippen molar-refractivity contribution in [3.05, 3.63) is 66.2 Å². The van der Waals surface area contributed by atoms with E-state index in [0.29, 0.717) is 5.06 Å². The van der Waals surface area contributed by atoms with Gasteiger partial charge in [0, 0.05) is 45.2 Å². The Labute approximate surface area is 175 Å². The summed E-state index contributed by atoms with van der Waals surface area (Å²) in [4.78, 5) is 21.2. The van der Waals surface area contributed by atoms with Gasteiger partial charge >= 0.3 is 5.97 Å². The van der Waals surface area contributed by atoms with Crippen molar-refractivity contribution in [3.63, 3.8) is 0 Å². The Morgan fingerprint density at radius 3 is 2.31 bits per heavy atom. The van der Waals surface area contributed by atoms with Crippen molar-refractivity contribution in [2.24, 2.45) is 0 Å². The Kier molecular flexibility index (Phi) is 6.22. The number of hydrogen-bond donors (Lipinski definition) is 0. The molecule has 1 aliphatic rings. The number of carbonyl (C=O) groups excluding carboxylic acids is 1. The van der Waals surface area contributed by atoms with Gasteiger partial charge in [-0.05, 0) is 12.0 Å². The highest BCUT2D eigenvalue weighted by Crippen LogP contribution is 2.39. The molecular weight excluding hydrogens is 382 g/mol. The molecule has 1 saturated heterocycles. The van der Waals surface area contributed by atoms with Crippen LogP contribution in [-0.2, 0) is 11.2 Å². The molecule has 2 aromatic carbocycles. The number of carbonyl (C=O) groups is 1. The smallest absolute Gasteiger partial charge is 0.308 e. The van der Waals surface area contributed by atoms with Crippen molar-refractivity contribution < 1.29 is 9.53 Å². The Balaban J connectivity index is 1.41. The van der Waals surface area contributed by atoms with Crippen LogP contribution >= 0.6 is 11.3 Å². The maximum Gasteiger partial charge on any atom is 0.308 e. The fraction of sp³-hybridized carbons (Fsp3) is 0.304. The zero-order valence-corrected chi connectivity index (χ0v) is 17.4. The number of aromatic nitrogens is 1. The molecule has 3 aromatic rings. The number of nitrogens with zero attached hydrogens (tertiary/aromatic N) is 3. The number of piperazine rings is 1. The predicted octanol–water partition coefficient (Wildman–Crippen LogP) is 4.10. The second-order valence-electron chi connectivity index (χ2n) is 7.16. The van der Waals surface area contributed by atoms with Gasteiger partial charge < -0.3 is 9.64 Å². The standard InChI is InChI=1S/C23H25N3O2S/c1-18(27)28-22-21(20-10-6-3-7-11-20)24-23(29-22)26-16-14-25(15-17-26)13-12-19-8-4-2-5-9-19/h2-11H,12-17H2,1H3. The third-order valence-electron chi connectivity index (χ3n) is 5.07. The summed E-state index contributed by atoms with van der Waals surface area (Å²) in [6, 6.07) is 20.5. The third-order valence-corrected chi connectivity index (χ3v) is 6.06. The van der Waals surface area contributed by atoms with Gasteiger partial charge in [-0.2, -0.15) is 0 Å². The van der Waals surface area contributed by atoms with E-state index in [9.17, 15) is 4.79 Å². The number of hydrogen-bond acceptors (Lipinski definition) is 6. The summed E-state index contributed by atoms with van der Waals surface area (Å²) >= 11 is 1.45. The lowest BCUT2D eigenvalue weighted by Gasteiger charge is -2.34. The Hall–Kier alpha value is -2.70. The van der Waals surface area contributed by atoms with Crippen molar-refractivity contribution in [2.45, 2.75) is 13.3 Å². The average Bonchev–Trinajstić information content (AvgIpc) is 3.17. The summed E-state index contributed by atoms with van der Waals surface area (Å²) in [6.45, 7) is 6.38. The van der Waals surface area contributed by atoms with Gasteiger partial charge in [0.1, 0.15) is 5.69 Å². The fourth-order valence-corrected chi connectivity index (χ4v) is 4.54. The molecule has 29 heavy (non-hydrogen) atoms. The molecule has 0 unspecified atom stereocenters. The van der Waals surface area contributed by atoms with Gasteiger partial charge in [0.2, 0.25) is 5.06 Å². The normalized spacial score (nSPS) is 14.7. The van der Waals surface area contributed by atoms with Crippen LogP contribution in [0.4, 0.5) is 5.13 Å². The zero-order valence-electron chi connectivity index (χ0n) is 16.6. The SMILES string of the molecule is CC(=O)Oc1sc(N2CCN(CCc3ccccc3)CC2)nc1-c1ccccc1. The van der Waals surface area contributed by atoms with Gasteiger partial charge in [-0.25, -0.2) is 4.98 Å². The van der Waals surface area contributed by atoms with Crippen LogP contribution in [0, 0.1) is 0 Å². The lowest BCUT2D eigenvalue weighted by Crippen LogP contribution is -2.46. The summed E-state index contributed by atoms with van der Waals surface area (Å²) in [5, 5.41) is 1.49. The molecule has 150 valence electrons. The minimum atomic E-state index is -0.317. The van der Waals surface area contributed by atoms with Crippen LogP contribution < -0.4 is 9.64 Å². The maximum absolute atomic E-state index is 11.6. The van der Waals surface area contributed by atoms with E-state index < -0.39 is 0 Å². The van der Waals surface area contributed by atoms with Gasteiger partial charge in [0.05, 0.1) is 0 Å². The van der Waals surface area contributed by atoms with E-state index >= 15 is 0 Å². The van der Waals surface area contributed by atoms with Gasteiger partial charge in [-0.3, -0.25) is 9.69 Å². The van der Waals surface area contributed by atoms with E-state index in [-0.39, 0.29) is 5.97 Å². The Morgan fingerprint density at radius 2 is 1.66 bits per heavy atom. The van der Waals surface area contributed by atoms with E-state index in [4.69, 9.17) is 9.72 Å². The van der Waals surface area contributed by atoms with Crippen LogP contribution in [-0.4, -0.2) is 48.6 Å².